The summed E-state index contributed by atoms with van der Waals surface area (Å²) in [6.45, 7) is 9.49. The van der Waals surface area contributed by atoms with Gasteiger partial charge in [0.25, 0.3) is 0 Å². The van der Waals surface area contributed by atoms with Gasteiger partial charge < -0.3 is 15.5 Å². The highest BCUT2D eigenvalue weighted by Gasteiger charge is 2.29. The third-order valence-corrected chi connectivity index (χ3v) is 3.89. The minimum atomic E-state index is 0. The van der Waals surface area contributed by atoms with E-state index in [1.165, 1.54) is 0 Å². The Bertz CT molecular complexity index is 287. The SMILES string of the molecule is CN(C)CCC(NC(=O)C1CCCNC1)C(C)(C)C.Cl.Cl. The second kappa shape index (κ2) is 10.7. The number of piperidine rings is 1. The van der Waals surface area contributed by atoms with Gasteiger partial charge >= 0.3 is 0 Å². The molecular formula is C15H33Cl2N3O. The van der Waals surface area contributed by atoms with Crippen molar-refractivity contribution in [3.05, 3.63) is 0 Å². The molecule has 1 amide bonds. The van der Waals surface area contributed by atoms with E-state index in [1.807, 2.05) is 0 Å². The predicted molar refractivity (Wildman–Crippen MR) is 94.6 cm³/mol. The summed E-state index contributed by atoms with van der Waals surface area (Å²) >= 11 is 0. The molecule has 2 N–H and O–H groups in total. The monoisotopic (exact) mass is 341 g/mol. The molecule has 6 heteroatoms. The summed E-state index contributed by atoms with van der Waals surface area (Å²) in [5.41, 5.74) is 0.105. The predicted octanol–water partition coefficient (Wildman–Crippen LogP) is 2.31. The summed E-state index contributed by atoms with van der Waals surface area (Å²) in [5, 5.41) is 6.59. The molecular weight excluding hydrogens is 309 g/mol. The first kappa shape index (κ1) is 23.2. The molecule has 4 nitrogen and oxygen atoms in total. The molecule has 0 aromatic heterocycles. The molecule has 2 unspecified atom stereocenters. The quantitative estimate of drug-likeness (QED) is 0.806. The molecule has 0 spiro atoms. The van der Waals surface area contributed by atoms with Gasteiger partial charge in [-0.3, -0.25) is 4.79 Å². The number of nitrogens with one attached hydrogen (secondary N) is 2. The summed E-state index contributed by atoms with van der Waals surface area (Å²) in [4.78, 5) is 14.5. The number of carbonyl (C=O) groups excluding carboxylic acids is 1. The molecule has 1 heterocycles. The molecule has 0 aliphatic carbocycles. The van der Waals surface area contributed by atoms with Gasteiger partial charge in [-0.05, 0) is 51.9 Å². The van der Waals surface area contributed by atoms with Crippen LogP contribution >= 0.6 is 24.8 Å². The van der Waals surface area contributed by atoms with Gasteiger partial charge in [0.2, 0.25) is 5.91 Å². The number of nitrogens with zero attached hydrogens (tertiary/aromatic N) is 1. The van der Waals surface area contributed by atoms with Crippen LogP contribution in [0.15, 0.2) is 0 Å². The highest BCUT2D eigenvalue weighted by molar-refractivity contribution is 5.85. The van der Waals surface area contributed by atoms with Gasteiger partial charge in [-0.25, -0.2) is 0 Å². The van der Waals surface area contributed by atoms with Crippen LogP contribution in [0.1, 0.15) is 40.0 Å². The van der Waals surface area contributed by atoms with Crippen molar-refractivity contribution in [3.63, 3.8) is 0 Å². The molecule has 1 aliphatic heterocycles. The van der Waals surface area contributed by atoms with E-state index in [2.05, 4.69) is 50.4 Å². The number of halogens is 2. The molecule has 1 aliphatic rings. The Labute approximate surface area is 142 Å². The molecule has 0 radical (unpaired) electrons. The van der Waals surface area contributed by atoms with Crippen LogP contribution in [0.2, 0.25) is 0 Å². The van der Waals surface area contributed by atoms with Crippen molar-refractivity contribution in [1.82, 2.24) is 15.5 Å². The van der Waals surface area contributed by atoms with Gasteiger partial charge in [0.1, 0.15) is 0 Å². The lowest BCUT2D eigenvalue weighted by Gasteiger charge is -2.34. The maximum absolute atomic E-state index is 12.3. The number of rotatable bonds is 5. The largest absolute Gasteiger partial charge is 0.353 e. The van der Waals surface area contributed by atoms with Crippen LogP contribution in [0, 0.1) is 11.3 Å². The molecule has 0 saturated carbocycles. The van der Waals surface area contributed by atoms with E-state index >= 15 is 0 Å². The number of hydrogen-bond acceptors (Lipinski definition) is 3. The minimum absolute atomic E-state index is 0. The lowest BCUT2D eigenvalue weighted by atomic mass is 9.84. The highest BCUT2D eigenvalue weighted by atomic mass is 35.5. The summed E-state index contributed by atoms with van der Waals surface area (Å²) in [7, 11) is 4.15. The topological polar surface area (TPSA) is 44.4 Å². The van der Waals surface area contributed by atoms with Crippen LogP contribution in [0.3, 0.4) is 0 Å². The Morgan fingerprint density at radius 3 is 2.38 bits per heavy atom. The van der Waals surface area contributed by atoms with Crippen molar-refractivity contribution in [2.75, 3.05) is 33.7 Å². The summed E-state index contributed by atoms with van der Waals surface area (Å²) in [5.74, 6) is 0.379. The van der Waals surface area contributed by atoms with Crippen LogP contribution in [0.5, 0.6) is 0 Å². The fourth-order valence-corrected chi connectivity index (χ4v) is 2.47. The first-order chi connectivity index (χ1) is 8.80. The van der Waals surface area contributed by atoms with Gasteiger partial charge in [0.05, 0.1) is 5.92 Å². The standard InChI is InChI=1S/C15H31N3O.2ClH/c1-15(2,3)13(8-10-18(4)5)17-14(19)12-7-6-9-16-11-12;;/h12-13,16H,6-11H2,1-5H3,(H,17,19);2*1H. The van der Waals surface area contributed by atoms with E-state index in [0.717, 1.165) is 38.9 Å². The van der Waals surface area contributed by atoms with Crippen molar-refractivity contribution in [2.24, 2.45) is 11.3 Å². The van der Waals surface area contributed by atoms with E-state index in [9.17, 15) is 4.79 Å². The van der Waals surface area contributed by atoms with Crippen molar-refractivity contribution in [1.29, 1.82) is 0 Å². The normalized spacial score (nSPS) is 20.2. The molecule has 0 aromatic carbocycles. The number of carbonyl (C=O) groups is 1. The molecule has 0 bridgehead atoms. The Hall–Kier alpha value is -0.0300. The minimum Gasteiger partial charge on any atom is -0.353 e. The fraction of sp³-hybridized carbons (Fsp3) is 0.933. The van der Waals surface area contributed by atoms with Crippen molar-refractivity contribution in [2.45, 2.75) is 46.1 Å². The molecule has 21 heavy (non-hydrogen) atoms. The second-order valence-corrected chi connectivity index (χ2v) is 7.06. The summed E-state index contributed by atoms with van der Waals surface area (Å²) in [6.07, 6.45) is 3.13. The first-order valence-corrected chi connectivity index (χ1v) is 7.46. The smallest absolute Gasteiger partial charge is 0.224 e. The van der Waals surface area contributed by atoms with Crippen LogP contribution in [0.4, 0.5) is 0 Å². The van der Waals surface area contributed by atoms with E-state index in [4.69, 9.17) is 0 Å². The van der Waals surface area contributed by atoms with Crippen LogP contribution in [-0.4, -0.2) is 50.6 Å². The van der Waals surface area contributed by atoms with E-state index in [0.29, 0.717) is 0 Å². The number of amides is 1. The van der Waals surface area contributed by atoms with Crippen LogP contribution < -0.4 is 10.6 Å². The zero-order valence-corrected chi connectivity index (χ0v) is 15.7. The zero-order valence-electron chi connectivity index (χ0n) is 14.1. The molecule has 1 saturated heterocycles. The van der Waals surface area contributed by atoms with E-state index in [1.54, 1.807) is 0 Å². The molecule has 1 rings (SSSR count). The van der Waals surface area contributed by atoms with Crippen molar-refractivity contribution >= 4 is 30.7 Å². The Morgan fingerprint density at radius 1 is 1.33 bits per heavy atom. The van der Waals surface area contributed by atoms with E-state index in [-0.39, 0.29) is 48.1 Å². The van der Waals surface area contributed by atoms with Crippen LogP contribution in [-0.2, 0) is 4.79 Å². The van der Waals surface area contributed by atoms with Crippen molar-refractivity contribution in [3.8, 4) is 0 Å². The van der Waals surface area contributed by atoms with Gasteiger partial charge in [0, 0.05) is 12.6 Å². The lowest BCUT2D eigenvalue weighted by molar-refractivity contribution is -0.127. The van der Waals surface area contributed by atoms with Gasteiger partial charge in [-0.1, -0.05) is 20.8 Å². The van der Waals surface area contributed by atoms with Crippen LogP contribution in [0.25, 0.3) is 0 Å². The highest BCUT2D eigenvalue weighted by Crippen LogP contribution is 2.23. The van der Waals surface area contributed by atoms with E-state index < -0.39 is 0 Å². The number of hydrogen-bond donors (Lipinski definition) is 2. The average Bonchev–Trinajstić information content (AvgIpc) is 2.33. The van der Waals surface area contributed by atoms with Gasteiger partial charge in [-0.2, -0.15) is 0 Å². The molecule has 0 aromatic rings. The van der Waals surface area contributed by atoms with Gasteiger partial charge in [-0.15, -0.1) is 24.8 Å². The molecule has 1 fully saturated rings. The Balaban J connectivity index is 0. The van der Waals surface area contributed by atoms with Gasteiger partial charge in [0.15, 0.2) is 0 Å². The zero-order chi connectivity index (χ0) is 14.5. The Kier molecular flexibility index (Phi) is 11.8. The fourth-order valence-electron chi connectivity index (χ4n) is 2.47. The summed E-state index contributed by atoms with van der Waals surface area (Å²) in [6, 6.07) is 0.240. The molecule has 2 atom stereocenters. The summed E-state index contributed by atoms with van der Waals surface area (Å²) < 4.78 is 0. The third kappa shape index (κ3) is 8.87. The Morgan fingerprint density at radius 2 is 1.95 bits per heavy atom. The average molecular weight is 342 g/mol. The first-order valence-electron chi connectivity index (χ1n) is 7.46. The molecule has 128 valence electrons. The lowest BCUT2D eigenvalue weighted by Crippen LogP contribution is -2.49. The maximum Gasteiger partial charge on any atom is 0.224 e. The third-order valence-electron chi connectivity index (χ3n) is 3.89. The van der Waals surface area contributed by atoms with Crippen molar-refractivity contribution < 1.29 is 4.79 Å². The maximum atomic E-state index is 12.3. The second-order valence-electron chi connectivity index (χ2n) is 7.06.